The minimum absolute atomic E-state index is 0.197. The Labute approximate surface area is 158 Å². The Hall–Kier alpha value is -3.19. The third-order valence-corrected chi connectivity index (χ3v) is 5.47. The Balaban J connectivity index is 1.73. The summed E-state index contributed by atoms with van der Waals surface area (Å²) in [5, 5.41) is 2.67. The fourth-order valence-corrected chi connectivity index (χ4v) is 3.55. The maximum absolute atomic E-state index is 12.5. The van der Waals surface area contributed by atoms with E-state index in [2.05, 4.69) is 15.0 Å². The average Bonchev–Trinajstić information content (AvgIpc) is 2.65. The van der Waals surface area contributed by atoms with Gasteiger partial charge in [0.05, 0.1) is 4.90 Å². The highest BCUT2D eigenvalue weighted by Crippen LogP contribution is 2.19. The molecule has 0 spiro atoms. The smallest absolute Gasteiger partial charge is 0.261 e. The quantitative estimate of drug-likeness (QED) is 0.704. The molecule has 1 aromatic heterocycles. The molecule has 3 aromatic rings. The molecule has 2 N–H and O–H groups in total. The Kier molecular flexibility index (Phi) is 5.23. The number of hydrogen-bond acceptors (Lipinski definition) is 4. The third-order valence-electron chi connectivity index (χ3n) is 4.09. The van der Waals surface area contributed by atoms with Crippen molar-refractivity contribution in [2.75, 3.05) is 10.0 Å². The highest BCUT2D eigenvalue weighted by molar-refractivity contribution is 7.92. The lowest BCUT2D eigenvalue weighted by Gasteiger charge is -2.10. The lowest BCUT2D eigenvalue weighted by molar-refractivity contribution is 0.102. The normalized spacial score (nSPS) is 11.0. The van der Waals surface area contributed by atoms with Crippen molar-refractivity contribution in [1.29, 1.82) is 0 Å². The van der Waals surface area contributed by atoms with E-state index in [0.29, 0.717) is 17.1 Å². The van der Waals surface area contributed by atoms with Crippen LogP contribution >= 0.6 is 0 Å². The zero-order valence-electron chi connectivity index (χ0n) is 14.9. The molecule has 0 aliphatic carbocycles. The zero-order valence-corrected chi connectivity index (χ0v) is 15.7. The van der Waals surface area contributed by atoms with E-state index < -0.39 is 10.0 Å². The number of sulfonamides is 1. The topological polar surface area (TPSA) is 88.2 Å². The Morgan fingerprint density at radius 2 is 1.67 bits per heavy atom. The number of aryl methyl sites for hydroxylation is 2. The molecule has 1 heterocycles. The highest BCUT2D eigenvalue weighted by Gasteiger charge is 2.15. The predicted octanol–water partition coefficient (Wildman–Crippen LogP) is 3.75. The summed E-state index contributed by atoms with van der Waals surface area (Å²) in [7, 11) is -3.69. The van der Waals surface area contributed by atoms with Gasteiger partial charge in [-0.2, -0.15) is 0 Å². The van der Waals surface area contributed by atoms with Gasteiger partial charge in [0.25, 0.3) is 15.9 Å². The van der Waals surface area contributed by atoms with Crippen LogP contribution in [0.4, 0.5) is 11.5 Å². The number of rotatable bonds is 5. The molecule has 0 aliphatic rings. The van der Waals surface area contributed by atoms with Gasteiger partial charge in [-0.1, -0.05) is 12.1 Å². The number of anilines is 2. The van der Waals surface area contributed by atoms with Crippen molar-refractivity contribution >= 4 is 27.4 Å². The lowest BCUT2D eigenvalue weighted by Crippen LogP contribution is -2.14. The monoisotopic (exact) mass is 381 g/mol. The van der Waals surface area contributed by atoms with Crippen LogP contribution in [0.15, 0.2) is 71.8 Å². The van der Waals surface area contributed by atoms with Crippen molar-refractivity contribution in [3.63, 3.8) is 0 Å². The van der Waals surface area contributed by atoms with Gasteiger partial charge >= 0.3 is 0 Å². The molecule has 6 nitrogen and oxygen atoms in total. The van der Waals surface area contributed by atoms with Gasteiger partial charge in [0.15, 0.2) is 0 Å². The van der Waals surface area contributed by atoms with Crippen LogP contribution < -0.4 is 10.0 Å². The van der Waals surface area contributed by atoms with E-state index in [9.17, 15) is 13.2 Å². The summed E-state index contributed by atoms with van der Waals surface area (Å²) < 4.78 is 27.6. The van der Waals surface area contributed by atoms with Crippen LogP contribution in [0.1, 0.15) is 21.5 Å². The molecule has 138 valence electrons. The summed E-state index contributed by atoms with van der Waals surface area (Å²) in [4.78, 5) is 16.4. The summed E-state index contributed by atoms with van der Waals surface area (Å²) in [6, 6.07) is 16.4. The highest BCUT2D eigenvalue weighted by atomic mass is 32.2. The van der Waals surface area contributed by atoms with E-state index in [1.54, 1.807) is 66.9 Å². The van der Waals surface area contributed by atoms with E-state index in [0.717, 1.165) is 11.1 Å². The van der Waals surface area contributed by atoms with Crippen molar-refractivity contribution in [1.82, 2.24) is 4.98 Å². The van der Waals surface area contributed by atoms with Crippen LogP contribution in [-0.2, 0) is 10.0 Å². The third kappa shape index (κ3) is 4.51. The first-order valence-electron chi connectivity index (χ1n) is 8.28. The SMILES string of the molecule is Cc1ccc(S(=O)(=O)Nc2ccc(C(=O)Nc3ccccn3)cc2)cc1C. The summed E-state index contributed by atoms with van der Waals surface area (Å²) in [6.07, 6.45) is 1.58. The number of carbonyl (C=O) groups is 1. The molecule has 27 heavy (non-hydrogen) atoms. The van der Waals surface area contributed by atoms with Gasteiger partial charge in [0.1, 0.15) is 5.82 Å². The number of carbonyl (C=O) groups excluding carboxylic acids is 1. The molecule has 0 radical (unpaired) electrons. The molecule has 7 heteroatoms. The van der Waals surface area contributed by atoms with E-state index >= 15 is 0 Å². The summed E-state index contributed by atoms with van der Waals surface area (Å²) in [6.45, 7) is 3.79. The fourth-order valence-electron chi connectivity index (χ4n) is 2.41. The summed E-state index contributed by atoms with van der Waals surface area (Å²) >= 11 is 0. The van der Waals surface area contributed by atoms with Gasteiger partial charge in [-0.15, -0.1) is 0 Å². The van der Waals surface area contributed by atoms with Gasteiger partial charge in [0.2, 0.25) is 0 Å². The summed E-state index contributed by atoms with van der Waals surface area (Å²) in [5.41, 5.74) is 2.70. The first kappa shape index (κ1) is 18.6. The fraction of sp³-hybridized carbons (Fsp3) is 0.100. The summed E-state index contributed by atoms with van der Waals surface area (Å²) in [5.74, 6) is 0.124. The van der Waals surface area contributed by atoms with E-state index in [-0.39, 0.29) is 10.8 Å². The first-order valence-corrected chi connectivity index (χ1v) is 9.76. The zero-order chi connectivity index (χ0) is 19.4. The van der Waals surface area contributed by atoms with E-state index in [4.69, 9.17) is 0 Å². The number of nitrogens with zero attached hydrogens (tertiary/aromatic N) is 1. The second-order valence-corrected chi connectivity index (χ2v) is 7.78. The minimum Gasteiger partial charge on any atom is -0.307 e. The molecular weight excluding hydrogens is 362 g/mol. The number of amides is 1. The van der Waals surface area contributed by atoms with Crippen LogP contribution in [0.5, 0.6) is 0 Å². The lowest BCUT2D eigenvalue weighted by atomic mass is 10.1. The maximum Gasteiger partial charge on any atom is 0.261 e. The molecule has 0 bridgehead atoms. The van der Waals surface area contributed by atoms with Gasteiger partial charge in [0, 0.05) is 17.4 Å². The Morgan fingerprint density at radius 3 is 2.30 bits per heavy atom. The standard InChI is InChI=1S/C20H19N3O3S/c1-14-6-11-18(13-15(14)2)27(25,26)23-17-9-7-16(8-10-17)20(24)22-19-5-3-4-12-21-19/h3-13,23H,1-2H3,(H,21,22,24). The minimum atomic E-state index is -3.69. The number of pyridine rings is 1. The average molecular weight is 381 g/mol. The molecule has 3 rings (SSSR count). The molecular formula is C20H19N3O3S. The van der Waals surface area contributed by atoms with Gasteiger partial charge < -0.3 is 5.32 Å². The first-order chi connectivity index (χ1) is 12.8. The second kappa shape index (κ2) is 7.59. The van der Waals surface area contributed by atoms with Crippen LogP contribution in [0.25, 0.3) is 0 Å². The van der Waals surface area contributed by atoms with Gasteiger partial charge in [-0.05, 0) is 73.5 Å². The maximum atomic E-state index is 12.5. The molecule has 0 atom stereocenters. The van der Waals surface area contributed by atoms with Gasteiger partial charge in [-0.3, -0.25) is 9.52 Å². The van der Waals surface area contributed by atoms with E-state index in [1.165, 1.54) is 0 Å². The van der Waals surface area contributed by atoms with Crippen molar-refractivity contribution in [3.05, 3.63) is 83.6 Å². The number of nitrogens with one attached hydrogen (secondary N) is 2. The second-order valence-electron chi connectivity index (χ2n) is 6.10. The predicted molar refractivity (Wildman–Crippen MR) is 105 cm³/mol. The van der Waals surface area contributed by atoms with Crippen LogP contribution in [0.3, 0.4) is 0 Å². The van der Waals surface area contributed by atoms with Crippen molar-refractivity contribution in [3.8, 4) is 0 Å². The van der Waals surface area contributed by atoms with Crippen LogP contribution in [0.2, 0.25) is 0 Å². The molecule has 0 saturated heterocycles. The van der Waals surface area contributed by atoms with Crippen LogP contribution in [0, 0.1) is 13.8 Å². The van der Waals surface area contributed by atoms with Crippen molar-refractivity contribution in [2.45, 2.75) is 18.7 Å². The Morgan fingerprint density at radius 1 is 0.926 bits per heavy atom. The van der Waals surface area contributed by atoms with Crippen molar-refractivity contribution < 1.29 is 13.2 Å². The molecule has 0 fully saturated rings. The molecule has 0 saturated carbocycles. The number of hydrogen-bond donors (Lipinski definition) is 2. The van der Waals surface area contributed by atoms with Gasteiger partial charge in [-0.25, -0.2) is 13.4 Å². The van der Waals surface area contributed by atoms with Crippen molar-refractivity contribution in [2.24, 2.45) is 0 Å². The molecule has 0 unspecified atom stereocenters. The molecule has 0 aliphatic heterocycles. The Bertz CT molecular complexity index is 1060. The van der Waals surface area contributed by atoms with Crippen LogP contribution in [-0.4, -0.2) is 19.3 Å². The largest absolute Gasteiger partial charge is 0.307 e. The molecule has 2 aromatic carbocycles. The molecule has 1 amide bonds. The number of benzene rings is 2. The number of aromatic nitrogens is 1. The van der Waals surface area contributed by atoms with E-state index in [1.807, 2.05) is 13.8 Å².